The van der Waals surface area contributed by atoms with Crippen LogP contribution in [0.15, 0.2) is 0 Å². The van der Waals surface area contributed by atoms with Crippen molar-refractivity contribution in [3.05, 3.63) is 0 Å². The molecule has 1 unspecified atom stereocenters. The van der Waals surface area contributed by atoms with E-state index >= 15 is 0 Å². The number of hydrogen-bond acceptors (Lipinski definition) is 2. The molecular formula is C15H21NO. The number of nitrogens with zero attached hydrogens (tertiary/aromatic N) is 1. The Labute approximate surface area is 103 Å². The van der Waals surface area contributed by atoms with Crippen molar-refractivity contribution in [1.82, 2.24) is 0 Å². The molecule has 0 heterocycles. The quantitative estimate of drug-likeness (QED) is 0.747. The largest absolute Gasteiger partial charge is 0.300 e. The second-order valence-electron chi connectivity index (χ2n) is 6.87. The molecule has 0 saturated heterocycles. The second kappa shape index (κ2) is 3.83. The summed E-state index contributed by atoms with van der Waals surface area (Å²) in [7, 11) is 0. The van der Waals surface area contributed by atoms with Crippen molar-refractivity contribution in [3.8, 4) is 6.07 Å². The number of rotatable bonds is 3. The van der Waals surface area contributed by atoms with Crippen molar-refractivity contribution in [2.75, 3.05) is 0 Å². The van der Waals surface area contributed by atoms with Crippen molar-refractivity contribution in [2.24, 2.45) is 29.1 Å². The first-order chi connectivity index (χ1) is 8.11. The zero-order valence-electron chi connectivity index (χ0n) is 10.6. The molecule has 0 aliphatic heterocycles. The molecule has 0 amide bonds. The summed E-state index contributed by atoms with van der Waals surface area (Å²) in [6.07, 6.45) is 8.37. The number of hydrogen-bond donors (Lipinski definition) is 0. The Morgan fingerprint density at radius 3 is 2.06 bits per heavy atom. The fourth-order valence-electron chi connectivity index (χ4n) is 5.29. The molecule has 4 bridgehead atoms. The Morgan fingerprint density at radius 2 is 1.71 bits per heavy atom. The fourth-order valence-corrected chi connectivity index (χ4v) is 5.29. The minimum atomic E-state index is -0.00611. The molecular weight excluding hydrogens is 210 g/mol. The van der Waals surface area contributed by atoms with Gasteiger partial charge in [-0.05, 0) is 68.6 Å². The molecule has 0 spiro atoms. The molecule has 4 rings (SSSR count). The molecule has 2 heteroatoms. The molecule has 0 aromatic carbocycles. The third-order valence-corrected chi connectivity index (χ3v) is 5.47. The second-order valence-corrected chi connectivity index (χ2v) is 6.87. The van der Waals surface area contributed by atoms with Crippen LogP contribution < -0.4 is 0 Å². The third-order valence-electron chi connectivity index (χ3n) is 5.47. The van der Waals surface area contributed by atoms with E-state index in [9.17, 15) is 10.1 Å². The Balaban J connectivity index is 1.85. The van der Waals surface area contributed by atoms with Gasteiger partial charge in [-0.25, -0.2) is 0 Å². The zero-order valence-corrected chi connectivity index (χ0v) is 10.6. The smallest absolute Gasteiger partial charge is 0.131 e. The number of Topliss-reactive ketones (excluding diaryl/α,β-unsaturated/α-hetero) is 1. The highest BCUT2D eigenvalue weighted by atomic mass is 16.1. The Bertz CT molecular complexity index is 344. The average Bonchev–Trinajstić information content (AvgIpc) is 2.23. The van der Waals surface area contributed by atoms with E-state index in [2.05, 4.69) is 6.07 Å². The van der Waals surface area contributed by atoms with Crippen molar-refractivity contribution in [2.45, 2.75) is 51.9 Å². The predicted molar refractivity (Wildman–Crippen MR) is 65.0 cm³/mol. The third kappa shape index (κ3) is 1.80. The lowest BCUT2D eigenvalue weighted by Gasteiger charge is -2.58. The normalized spacial score (nSPS) is 44.4. The van der Waals surface area contributed by atoms with Crippen molar-refractivity contribution in [3.63, 3.8) is 0 Å². The van der Waals surface area contributed by atoms with Crippen LogP contribution in [0.2, 0.25) is 0 Å². The maximum atomic E-state index is 11.4. The van der Waals surface area contributed by atoms with E-state index in [1.807, 2.05) is 0 Å². The number of carbonyl (C=O) groups excluding carboxylic acids is 1. The van der Waals surface area contributed by atoms with Gasteiger partial charge in [-0.3, -0.25) is 4.79 Å². The van der Waals surface area contributed by atoms with Gasteiger partial charge in [0, 0.05) is 6.42 Å². The Morgan fingerprint density at radius 1 is 1.24 bits per heavy atom. The molecule has 4 aliphatic rings. The summed E-state index contributed by atoms with van der Waals surface area (Å²) in [5, 5.41) is 9.43. The number of nitriles is 1. The molecule has 17 heavy (non-hydrogen) atoms. The summed E-state index contributed by atoms with van der Waals surface area (Å²) in [5.41, 5.74) is 0.217. The summed E-state index contributed by atoms with van der Waals surface area (Å²) in [5.74, 6) is 2.78. The predicted octanol–water partition coefficient (Wildman–Crippen LogP) is 3.32. The number of carbonyl (C=O) groups is 1. The van der Waals surface area contributed by atoms with Gasteiger partial charge in [-0.15, -0.1) is 0 Å². The monoisotopic (exact) mass is 231 g/mol. The van der Waals surface area contributed by atoms with Gasteiger partial charge >= 0.3 is 0 Å². The molecule has 4 saturated carbocycles. The Kier molecular flexibility index (Phi) is 2.54. The topological polar surface area (TPSA) is 40.9 Å². The molecule has 4 fully saturated rings. The molecule has 1 atom stereocenters. The lowest BCUT2D eigenvalue weighted by molar-refractivity contribution is -0.121. The van der Waals surface area contributed by atoms with Crippen LogP contribution >= 0.6 is 0 Å². The minimum Gasteiger partial charge on any atom is -0.300 e. The summed E-state index contributed by atoms with van der Waals surface area (Å²) < 4.78 is 0. The van der Waals surface area contributed by atoms with E-state index in [1.165, 1.54) is 38.5 Å². The van der Waals surface area contributed by atoms with Gasteiger partial charge < -0.3 is 0 Å². The van der Waals surface area contributed by atoms with Gasteiger partial charge in [0.25, 0.3) is 0 Å². The Hall–Kier alpha value is -0.840. The van der Waals surface area contributed by atoms with Crippen LogP contribution in [0.3, 0.4) is 0 Å². The van der Waals surface area contributed by atoms with E-state index in [1.54, 1.807) is 6.92 Å². The SMILES string of the molecule is CC(=O)CC(C#N)C12CC3CC(CC(C3)C1)C2. The molecule has 92 valence electrons. The van der Waals surface area contributed by atoms with Crippen LogP contribution in [0.25, 0.3) is 0 Å². The minimum absolute atomic E-state index is 0.00611. The first-order valence-corrected chi connectivity index (χ1v) is 7.00. The molecule has 0 aromatic heterocycles. The van der Waals surface area contributed by atoms with Gasteiger partial charge in [0.15, 0.2) is 0 Å². The number of ketones is 1. The van der Waals surface area contributed by atoms with E-state index in [0.29, 0.717) is 6.42 Å². The van der Waals surface area contributed by atoms with Crippen LogP contribution in [0.5, 0.6) is 0 Å². The van der Waals surface area contributed by atoms with Crippen molar-refractivity contribution < 1.29 is 4.79 Å². The summed E-state index contributed by atoms with van der Waals surface area (Å²) in [6, 6.07) is 2.47. The van der Waals surface area contributed by atoms with Crippen LogP contribution in [-0.4, -0.2) is 5.78 Å². The molecule has 0 radical (unpaired) electrons. The van der Waals surface area contributed by atoms with Gasteiger partial charge in [-0.1, -0.05) is 0 Å². The standard InChI is InChI=1S/C15H21NO/c1-10(17)2-14(9-16)15-6-11-3-12(7-15)5-13(4-11)8-15/h11-14H,2-8H2,1H3. The fraction of sp³-hybridized carbons (Fsp3) is 0.867. The highest BCUT2D eigenvalue weighted by Crippen LogP contribution is 2.63. The summed E-state index contributed by atoms with van der Waals surface area (Å²) in [6.45, 7) is 1.63. The van der Waals surface area contributed by atoms with Gasteiger partial charge in [-0.2, -0.15) is 5.26 Å². The maximum absolute atomic E-state index is 11.4. The summed E-state index contributed by atoms with van der Waals surface area (Å²) >= 11 is 0. The maximum Gasteiger partial charge on any atom is 0.131 e. The summed E-state index contributed by atoms with van der Waals surface area (Å²) in [4.78, 5) is 11.4. The van der Waals surface area contributed by atoms with Crippen LogP contribution in [0.4, 0.5) is 0 Å². The van der Waals surface area contributed by atoms with E-state index in [-0.39, 0.29) is 17.1 Å². The van der Waals surface area contributed by atoms with E-state index < -0.39 is 0 Å². The van der Waals surface area contributed by atoms with E-state index in [0.717, 1.165) is 17.8 Å². The van der Waals surface area contributed by atoms with Gasteiger partial charge in [0.05, 0.1) is 12.0 Å². The van der Waals surface area contributed by atoms with Gasteiger partial charge in [0.2, 0.25) is 0 Å². The average molecular weight is 231 g/mol. The molecule has 0 aromatic rings. The van der Waals surface area contributed by atoms with E-state index in [4.69, 9.17) is 0 Å². The van der Waals surface area contributed by atoms with Gasteiger partial charge in [0.1, 0.15) is 5.78 Å². The van der Waals surface area contributed by atoms with Crippen molar-refractivity contribution in [1.29, 1.82) is 5.26 Å². The first-order valence-electron chi connectivity index (χ1n) is 7.00. The first kappa shape index (κ1) is 11.3. The molecule has 0 N–H and O–H groups in total. The highest BCUT2D eigenvalue weighted by molar-refractivity contribution is 5.76. The zero-order chi connectivity index (χ0) is 12.0. The van der Waals surface area contributed by atoms with Crippen molar-refractivity contribution >= 4 is 5.78 Å². The van der Waals surface area contributed by atoms with Crippen LogP contribution in [-0.2, 0) is 4.79 Å². The van der Waals surface area contributed by atoms with Crippen LogP contribution in [0, 0.1) is 40.4 Å². The van der Waals surface area contributed by atoms with Crippen LogP contribution in [0.1, 0.15) is 51.9 Å². The highest BCUT2D eigenvalue weighted by Gasteiger charge is 2.54. The molecule has 2 nitrogen and oxygen atoms in total. The molecule has 4 aliphatic carbocycles. The lowest BCUT2D eigenvalue weighted by atomic mass is 9.46. The lowest BCUT2D eigenvalue weighted by Crippen LogP contribution is -2.49.